The van der Waals surface area contributed by atoms with Gasteiger partial charge in [0.15, 0.2) is 5.13 Å². The average Bonchev–Trinajstić information content (AvgIpc) is 3.16. The number of nitrogens with zero attached hydrogens (tertiary/aromatic N) is 4. The number of rotatable bonds is 4. The number of hydrogen-bond acceptors (Lipinski definition) is 5. The minimum absolute atomic E-state index is 0.349. The molecule has 0 fully saturated rings. The van der Waals surface area contributed by atoms with Crippen molar-refractivity contribution >= 4 is 45.6 Å². The number of nitrogens with one attached hydrogen (secondary N) is 1. The third-order valence-corrected chi connectivity index (χ3v) is 4.35. The van der Waals surface area contributed by atoms with Crippen molar-refractivity contribution in [2.75, 3.05) is 5.32 Å². The maximum atomic E-state index is 11.5. The predicted octanol–water partition coefficient (Wildman–Crippen LogP) is 3.82. The first-order valence-corrected chi connectivity index (χ1v) is 7.90. The van der Waals surface area contributed by atoms with Gasteiger partial charge in [-0.3, -0.25) is 10.1 Å². The first kappa shape index (κ1) is 15.7. The van der Waals surface area contributed by atoms with E-state index in [9.17, 15) is 4.79 Å². The first-order valence-electron chi connectivity index (χ1n) is 6.33. The summed E-state index contributed by atoms with van der Waals surface area (Å²) in [5, 5.41) is 8.79. The molecule has 0 unspecified atom stereocenters. The third kappa shape index (κ3) is 3.26. The van der Waals surface area contributed by atoms with Crippen LogP contribution >= 0.6 is 34.5 Å². The first-order chi connectivity index (χ1) is 11.1. The summed E-state index contributed by atoms with van der Waals surface area (Å²) in [7, 11) is 0. The molecule has 3 aromatic rings. The summed E-state index contributed by atoms with van der Waals surface area (Å²) in [6.45, 7) is 3.42. The van der Waals surface area contributed by atoms with Crippen LogP contribution in [0.25, 0.3) is 16.3 Å². The lowest BCUT2D eigenvalue weighted by Gasteiger charge is -2.04. The monoisotopic (exact) mass is 365 g/mol. The number of hydrogen-bond donors (Lipinski definition) is 1. The SMILES string of the molecule is C=CC(=O)Nc1nc(-c2ccc(Cl)cc2Cl)c(-n2cncn2)s1. The number of thiazole rings is 1. The number of halogens is 2. The van der Waals surface area contributed by atoms with Crippen molar-refractivity contribution in [3.63, 3.8) is 0 Å². The number of carbonyl (C=O) groups is 1. The molecule has 9 heteroatoms. The molecule has 3 rings (SSSR count). The van der Waals surface area contributed by atoms with Gasteiger partial charge in [0.1, 0.15) is 23.3 Å². The summed E-state index contributed by atoms with van der Waals surface area (Å²) < 4.78 is 1.56. The second kappa shape index (κ2) is 6.49. The largest absolute Gasteiger partial charge is 0.298 e. The summed E-state index contributed by atoms with van der Waals surface area (Å²) in [5.41, 5.74) is 1.25. The molecule has 116 valence electrons. The highest BCUT2D eigenvalue weighted by atomic mass is 35.5. The Kier molecular flexibility index (Phi) is 4.42. The minimum atomic E-state index is -0.349. The molecule has 0 aliphatic rings. The molecule has 1 aromatic carbocycles. The van der Waals surface area contributed by atoms with E-state index >= 15 is 0 Å². The predicted molar refractivity (Wildman–Crippen MR) is 91.3 cm³/mol. The Bertz CT molecular complexity index is 875. The Morgan fingerprint density at radius 1 is 1.39 bits per heavy atom. The molecular weight excluding hydrogens is 357 g/mol. The highest BCUT2D eigenvalue weighted by Crippen LogP contribution is 2.38. The van der Waals surface area contributed by atoms with Gasteiger partial charge in [0, 0.05) is 10.6 Å². The average molecular weight is 366 g/mol. The Morgan fingerprint density at radius 3 is 2.87 bits per heavy atom. The van der Waals surface area contributed by atoms with Crippen LogP contribution in [-0.4, -0.2) is 25.7 Å². The molecule has 0 saturated heterocycles. The lowest BCUT2D eigenvalue weighted by atomic mass is 10.1. The topological polar surface area (TPSA) is 72.7 Å². The molecule has 0 saturated carbocycles. The number of benzene rings is 1. The number of amides is 1. The van der Waals surface area contributed by atoms with Crippen LogP contribution < -0.4 is 5.32 Å². The van der Waals surface area contributed by atoms with Crippen molar-refractivity contribution in [3.05, 3.63) is 53.6 Å². The van der Waals surface area contributed by atoms with E-state index in [1.807, 2.05) is 0 Å². The molecule has 0 spiro atoms. The van der Waals surface area contributed by atoms with Crippen molar-refractivity contribution in [3.8, 4) is 16.3 Å². The molecule has 23 heavy (non-hydrogen) atoms. The van der Waals surface area contributed by atoms with Crippen molar-refractivity contribution in [2.45, 2.75) is 0 Å². The van der Waals surface area contributed by atoms with Gasteiger partial charge in [0.25, 0.3) is 0 Å². The molecule has 1 N–H and O–H groups in total. The smallest absolute Gasteiger partial charge is 0.249 e. The zero-order valence-electron chi connectivity index (χ0n) is 11.5. The van der Waals surface area contributed by atoms with Crippen LogP contribution in [0, 0.1) is 0 Å². The number of carbonyl (C=O) groups excluding carboxylic acids is 1. The molecule has 0 aliphatic carbocycles. The van der Waals surface area contributed by atoms with E-state index in [1.54, 1.807) is 29.2 Å². The Balaban J connectivity index is 2.13. The van der Waals surface area contributed by atoms with E-state index in [-0.39, 0.29) is 5.91 Å². The van der Waals surface area contributed by atoms with Crippen LogP contribution in [0.4, 0.5) is 5.13 Å². The minimum Gasteiger partial charge on any atom is -0.298 e. The van der Waals surface area contributed by atoms with Crippen LogP contribution in [0.5, 0.6) is 0 Å². The molecule has 1 amide bonds. The van der Waals surface area contributed by atoms with E-state index in [1.165, 1.54) is 23.7 Å². The van der Waals surface area contributed by atoms with Crippen LogP contribution in [-0.2, 0) is 4.79 Å². The van der Waals surface area contributed by atoms with Crippen LogP contribution in [0.15, 0.2) is 43.5 Å². The Hall–Kier alpha value is -2.22. The Morgan fingerprint density at radius 2 is 2.22 bits per heavy atom. The highest BCUT2D eigenvalue weighted by Gasteiger charge is 2.18. The lowest BCUT2D eigenvalue weighted by molar-refractivity contribution is -0.111. The zero-order valence-corrected chi connectivity index (χ0v) is 13.9. The molecular formula is C14H9Cl2N5OS. The van der Waals surface area contributed by atoms with Crippen molar-refractivity contribution in [1.82, 2.24) is 19.7 Å². The van der Waals surface area contributed by atoms with Crippen LogP contribution in [0.2, 0.25) is 10.0 Å². The molecule has 0 radical (unpaired) electrons. The van der Waals surface area contributed by atoms with Gasteiger partial charge in [-0.15, -0.1) is 0 Å². The maximum Gasteiger partial charge on any atom is 0.249 e. The van der Waals surface area contributed by atoms with Gasteiger partial charge in [-0.2, -0.15) is 5.10 Å². The molecule has 2 aromatic heterocycles. The van der Waals surface area contributed by atoms with Gasteiger partial charge in [-0.25, -0.2) is 14.6 Å². The molecule has 0 bridgehead atoms. The second-order valence-electron chi connectivity index (χ2n) is 4.33. The van der Waals surface area contributed by atoms with E-state index in [0.29, 0.717) is 31.4 Å². The van der Waals surface area contributed by atoms with Gasteiger partial charge in [-0.05, 0) is 24.3 Å². The normalized spacial score (nSPS) is 10.5. The summed E-state index contributed by atoms with van der Waals surface area (Å²) >= 11 is 13.5. The quantitative estimate of drug-likeness (QED) is 0.713. The van der Waals surface area contributed by atoms with Crippen LogP contribution in [0.3, 0.4) is 0 Å². The fourth-order valence-corrected chi connectivity index (χ4v) is 3.26. The van der Waals surface area contributed by atoms with Crippen LogP contribution in [0.1, 0.15) is 0 Å². The molecule has 0 aliphatic heterocycles. The molecule has 0 atom stereocenters. The van der Waals surface area contributed by atoms with E-state index in [2.05, 4.69) is 27.0 Å². The van der Waals surface area contributed by atoms with E-state index in [4.69, 9.17) is 23.2 Å². The number of aromatic nitrogens is 4. The highest BCUT2D eigenvalue weighted by molar-refractivity contribution is 7.18. The summed E-state index contributed by atoms with van der Waals surface area (Å²) in [6, 6.07) is 5.11. The lowest BCUT2D eigenvalue weighted by Crippen LogP contribution is -2.06. The maximum absolute atomic E-state index is 11.5. The fraction of sp³-hybridized carbons (Fsp3) is 0. The summed E-state index contributed by atoms with van der Waals surface area (Å²) in [5.74, 6) is -0.349. The summed E-state index contributed by atoms with van der Waals surface area (Å²) in [6.07, 6.45) is 4.13. The Labute approximate surface area is 145 Å². The molecule has 6 nitrogen and oxygen atoms in total. The summed E-state index contributed by atoms with van der Waals surface area (Å²) in [4.78, 5) is 19.9. The van der Waals surface area contributed by atoms with Gasteiger partial charge in [0.2, 0.25) is 5.91 Å². The van der Waals surface area contributed by atoms with Crippen molar-refractivity contribution in [1.29, 1.82) is 0 Å². The standard InChI is InChI=1S/C14H9Cl2N5OS/c1-2-11(22)19-14-20-12(9-4-3-8(15)5-10(9)16)13(23-14)21-7-17-6-18-21/h2-7H,1H2,(H,19,20,22). The second-order valence-corrected chi connectivity index (χ2v) is 6.15. The van der Waals surface area contributed by atoms with Gasteiger partial charge >= 0.3 is 0 Å². The van der Waals surface area contributed by atoms with E-state index in [0.717, 1.165) is 0 Å². The zero-order chi connectivity index (χ0) is 16.4. The van der Waals surface area contributed by atoms with Crippen molar-refractivity contribution < 1.29 is 4.79 Å². The van der Waals surface area contributed by atoms with E-state index < -0.39 is 0 Å². The number of anilines is 1. The van der Waals surface area contributed by atoms with Gasteiger partial charge in [0.05, 0.1) is 5.02 Å². The fourth-order valence-electron chi connectivity index (χ4n) is 1.85. The molecule has 2 heterocycles. The third-order valence-electron chi connectivity index (χ3n) is 2.84. The van der Waals surface area contributed by atoms with Gasteiger partial charge in [-0.1, -0.05) is 41.1 Å². The van der Waals surface area contributed by atoms with Gasteiger partial charge < -0.3 is 0 Å². The van der Waals surface area contributed by atoms with Crippen molar-refractivity contribution in [2.24, 2.45) is 0 Å².